The van der Waals surface area contributed by atoms with Gasteiger partial charge in [-0.05, 0) is 46.6 Å². The Morgan fingerprint density at radius 2 is 2.00 bits per heavy atom. The van der Waals surface area contributed by atoms with E-state index in [-0.39, 0.29) is 5.54 Å². The molecule has 0 spiro atoms. The Bertz CT molecular complexity index is 170. The van der Waals surface area contributed by atoms with Gasteiger partial charge >= 0.3 is 0 Å². The van der Waals surface area contributed by atoms with Crippen molar-refractivity contribution >= 4 is 0 Å². The molecule has 0 amide bonds. The van der Waals surface area contributed by atoms with Crippen LogP contribution in [0.4, 0.5) is 0 Å². The van der Waals surface area contributed by atoms with Gasteiger partial charge < -0.3 is 5.32 Å². The molecule has 13 heavy (non-hydrogen) atoms. The predicted molar refractivity (Wildman–Crippen MR) is 61.0 cm³/mol. The summed E-state index contributed by atoms with van der Waals surface area (Å²) in [6.45, 7) is 11.2. The van der Waals surface area contributed by atoms with Crippen LogP contribution in [-0.4, -0.2) is 12.6 Å². The zero-order chi connectivity index (χ0) is 10.5. The first-order chi connectivity index (χ1) is 5.93. The zero-order valence-electron chi connectivity index (χ0n) is 10.1. The van der Waals surface area contributed by atoms with E-state index in [9.17, 15) is 0 Å². The van der Waals surface area contributed by atoms with Crippen LogP contribution in [-0.2, 0) is 0 Å². The normalized spacial score (nSPS) is 17.6. The monoisotopic (exact) mass is 183 g/mol. The van der Waals surface area contributed by atoms with E-state index in [0.29, 0.717) is 0 Å². The summed E-state index contributed by atoms with van der Waals surface area (Å²) in [6.07, 6.45) is 4.59. The summed E-state index contributed by atoms with van der Waals surface area (Å²) in [4.78, 5) is 0. The molecule has 0 aromatic heterocycles. The topological polar surface area (TPSA) is 12.0 Å². The number of hydrogen-bond acceptors (Lipinski definition) is 1. The molecule has 0 aliphatic heterocycles. The van der Waals surface area contributed by atoms with Crippen LogP contribution < -0.4 is 5.32 Å². The quantitative estimate of drug-likeness (QED) is 0.644. The zero-order valence-corrected chi connectivity index (χ0v) is 10.1. The Morgan fingerprint density at radius 1 is 1.46 bits per heavy atom. The van der Waals surface area contributed by atoms with Crippen LogP contribution in [0.1, 0.15) is 47.5 Å². The number of nitrogens with one attached hydrogen (secondary N) is 1. The van der Waals surface area contributed by atoms with E-state index in [1.165, 1.54) is 12.0 Å². The SMILES string of the molecule is C/C=C(\C)CC(C)(CC(C)C)NC. The van der Waals surface area contributed by atoms with E-state index < -0.39 is 0 Å². The van der Waals surface area contributed by atoms with Gasteiger partial charge in [-0.15, -0.1) is 0 Å². The molecule has 1 nitrogen and oxygen atoms in total. The predicted octanol–water partition coefficient (Wildman–Crippen LogP) is 3.37. The Morgan fingerprint density at radius 3 is 2.31 bits per heavy atom. The minimum atomic E-state index is 0.269. The Labute approximate surface area is 83.6 Å². The maximum Gasteiger partial charge on any atom is 0.0189 e. The maximum atomic E-state index is 3.43. The Kier molecular flexibility index (Phi) is 5.31. The summed E-state index contributed by atoms with van der Waals surface area (Å²) >= 11 is 0. The van der Waals surface area contributed by atoms with Crippen LogP contribution in [0.5, 0.6) is 0 Å². The van der Waals surface area contributed by atoms with Crippen LogP contribution >= 0.6 is 0 Å². The fraction of sp³-hybridized carbons (Fsp3) is 0.833. The van der Waals surface area contributed by atoms with Gasteiger partial charge in [-0.1, -0.05) is 25.5 Å². The van der Waals surface area contributed by atoms with Crippen LogP contribution in [0.2, 0.25) is 0 Å². The van der Waals surface area contributed by atoms with Crippen molar-refractivity contribution in [2.45, 2.75) is 53.0 Å². The highest BCUT2D eigenvalue weighted by molar-refractivity contribution is 5.03. The number of hydrogen-bond donors (Lipinski definition) is 1. The van der Waals surface area contributed by atoms with Crippen LogP contribution in [0.3, 0.4) is 0 Å². The molecule has 1 N–H and O–H groups in total. The lowest BCUT2D eigenvalue weighted by Crippen LogP contribution is -2.41. The molecule has 0 aromatic carbocycles. The van der Waals surface area contributed by atoms with Crippen molar-refractivity contribution < 1.29 is 0 Å². The summed E-state index contributed by atoms with van der Waals surface area (Å²) in [7, 11) is 2.06. The smallest absolute Gasteiger partial charge is 0.0189 e. The van der Waals surface area contributed by atoms with Gasteiger partial charge in [0.15, 0.2) is 0 Å². The summed E-state index contributed by atoms with van der Waals surface area (Å²) in [5.74, 6) is 0.752. The lowest BCUT2D eigenvalue weighted by atomic mass is 9.85. The van der Waals surface area contributed by atoms with Crippen molar-refractivity contribution in [3.63, 3.8) is 0 Å². The molecule has 0 bridgehead atoms. The van der Waals surface area contributed by atoms with Gasteiger partial charge in [-0.25, -0.2) is 0 Å². The third kappa shape index (κ3) is 5.09. The highest BCUT2D eigenvalue weighted by atomic mass is 14.9. The molecule has 0 aliphatic carbocycles. The average molecular weight is 183 g/mol. The molecule has 78 valence electrons. The highest BCUT2D eigenvalue weighted by Crippen LogP contribution is 2.23. The molecule has 1 atom stereocenters. The van der Waals surface area contributed by atoms with Crippen molar-refractivity contribution in [1.29, 1.82) is 0 Å². The third-order valence-electron chi connectivity index (χ3n) is 2.62. The summed E-state index contributed by atoms with van der Waals surface area (Å²) < 4.78 is 0. The van der Waals surface area contributed by atoms with Crippen molar-refractivity contribution in [2.24, 2.45) is 5.92 Å². The summed E-state index contributed by atoms with van der Waals surface area (Å²) in [6, 6.07) is 0. The van der Waals surface area contributed by atoms with Crippen LogP contribution in [0.15, 0.2) is 11.6 Å². The fourth-order valence-corrected chi connectivity index (χ4v) is 1.88. The van der Waals surface area contributed by atoms with E-state index in [4.69, 9.17) is 0 Å². The molecule has 1 unspecified atom stereocenters. The average Bonchev–Trinajstić information content (AvgIpc) is 2.02. The Hall–Kier alpha value is -0.300. The lowest BCUT2D eigenvalue weighted by Gasteiger charge is -2.31. The van der Waals surface area contributed by atoms with E-state index in [1.807, 2.05) is 0 Å². The third-order valence-corrected chi connectivity index (χ3v) is 2.62. The fourth-order valence-electron chi connectivity index (χ4n) is 1.88. The second-order valence-corrected chi connectivity index (χ2v) is 4.72. The maximum absolute atomic E-state index is 3.43. The minimum Gasteiger partial charge on any atom is -0.314 e. The molecule has 0 rings (SSSR count). The molecular weight excluding hydrogens is 158 g/mol. The van der Waals surface area contributed by atoms with Gasteiger partial charge in [0, 0.05) is 5.54 Å². The molecule has 0 aromatic rings. The number of rotatable bonds is 5. The summed E-state index contributed by atoms with van der Waals surface area (Å²) in [5, 5.41) is 3.43. The first kappa shape index (κ1) is 12.7. The first-order valence-electron chi connectivity index (χ1n) is 5.24. The number of allylic oxidation sites excluding steroid dienone is 1. The van der Waals surface area contributed by atoms with Crippen molar-refractivity contribution in [1.82, 2.24) is 5.32 Å². The molecule has 0 aliphatic rings. The first-order valence-corrected chi connectivity index (χ1v) is 5.24. The van der Waals surface area contributed by atoms with Gasteiger partial charge in [0.05, 0.1) is 0 Å². The molecule has 0 heterocycles. The van der Waals surface area contributed by atoms with Crippen LogP contribution in [0.25, 0.3) is 0 Å². The standard InChI is InChI=1S/C12H25N/c1-7-11(4)9-12(5,13-6)8-10(2)3/h7,10,13H,8-9H2,1-6H3/b11-7+. The van der Waals surface area contributed by atoms with Crippen LogP contribution in [0, 0.1) is 5.92 Å². The molecule has 0 saturated carbocycles. The molecule has 0 radical (unpaired) electrons. The van der Waals surface area contributed by atoms with E-state index in [0.717, 1.165) is 12.3 Å². The van der Waals surface area contributed by atoms with E-state index in [1.54, 1.807) is 0 Å². The van der Waals surface area contributed by atoms with E-state index in [2.05, 4.69) is 53.1 Å². The second-order valence-electron chi connectivity index (χ2n) is 4.72. The summed E-state index contributed by atoms with van der Waals surface area (Å²) in [5.41, 5.74) is 1.74. The van der Waals surface area contributed by atoms with Crippen molar-refractivity contribution in [2.75, 3.05) is 7.05 Å². The van der Waals surface area contributed by atoms with Gasteiger partial charge in [-0.2, -0.15) is 0 Å². The van der Waals surface area contributed by atoms with Crippen molar-refractivity contribution in [3.05, 3.63) is 11.6 Å². The molecule has 1 heteroatoms. The molecule has 0 saturated heterocycles. The Balaban J connectivity index is 4.27. The lowest BCUT2D eigenvalue weighted by molar-refractivity contribution is 0.309. The van der Waals surface area contributed by atoms with Gasteiger partial charge in [0.2, 0.25) is 0 Å². The van der Waals surface area contributed by atoms with Gasteiger partial charge in [0.25, 0.3) is 0 Å². The van der Waals surface area contributed by atoms with Crippen molar-refractivity contribution in [3.8, 4) is 0 Å². The minimum absolute atomic E-state index is 0.269. The van der Waals surface area contributed by atoms with Gasteiger partial charge in [-0.3, -0.25) is 0 Å². The highest BCUT2D eigenvalue weighted by Gasteiger charge is 2.22. The molecular formula is C12H25N. The second kappa shape index (κ2) is 5.43. The van der Waals surface area contributed by atoms with Gasteiger partial charge in [0.1, 0.15) is 0 Å². The van der Waals surface area contributed by atoms with E-state index >= 15 is 0 Å². The molecule has 0 fully saturated rings. The largest absolute Gasteiger partial charge is 0.314 e.